The number of pyridine rings is 2. The first-order chi connectivity index (χ1) is 11.1. The van der Waals surface area contributed by atoms with Crippen LogP contribution in [0.1, 0.15) is 17.7 Å². The quantitative estimate of drug-likeness (QED) is 0.808. The van der Waals surface area contributed by atoms with E-state index >= 15 is 0 Å². The van der Waals surface area contributed by atoms with Gasteiger partial charge in [0.2, 0.25) is 5.91 Å². The molecular formula is C17H19BrN4O. The molecule has 0 aliphatic carbocycles. The normalized spacial score (nSPS) is 21.9. The summed E-state index contributed by atoms with van der Waals surface area (Å²) in [5.41, 5.74) is 3.29. The molecule has 0 bridgehead atoms. The largest absolute Gasteiger partial charge is 0.345 e. The van der Waals surface area contributed by atoms with Crippen LogP contribution in [0.15, 0.2) is 22.8 Å². The molecule has 4 heterocycles. The van der Waals surface area contributed by atoms with E-state index in [9.17, 15) is 4.79 Å². The van der Waals surface area contributed by atoms with Crippen molar-refractivity contribution in [2.75, 3.05) is 26.7 Å². The monoisotopic (exact) mass is 374 g/mol. The molecule has 0 saturated carbocycles. The second-order valence-electron chi connectivity index (χ2n) is 6.62. The Balaban J connectivity index is 1.53. The van der Waals surface area contributed by atoms with Crippen molar-refractivity contribution < 1.29 is 4.79 Å². The Morgan fingerprint density at radius 1 is 1.39 bits per heavy atom. The summed E-state index contributed by atoms with van der Waals surface area (Å²) in [6, 6.07) is 4.28. The van der Waals surface area contributed by atoms with E-state index < -0.39 is 0 Å². The predicted octanol–water partition coefficient (Wildman–Crippen LogP) is 2.23. The van der Waals surface area contributed by atoms with Gasteiger partial charge in [-0.1, -0.05) is 0 Å². The topological polar surface area (TPSA) is 49.3 Å². The van der Waals surface area contributed by atoms with Crippen molar-refractivity contribution in [1.29, 1.82) is 0 Å². The van der Waals surface area contributed by atoms with Gasteiger partial charge in [0.25, 0.3) is 0 Å². The lowest BCUT2D eigenvalue weighted by molar-refractivity contribution is -0.126. The number of carbonyl (C=O) groups is 1. The summed E-state index contributed by atoms with van der Waals surface area (Å²) in [7, 11) is 1.90. The maximum absolute atomic E-state index is 11.7. The highest BCUT2D eigenvalue weighted by Crippen LogP contribution is 2.25. The number of hydrogen-bond acceptors (Lipinski definition) is 4. The molecule has 2 aliphatic rings. The van der Waals surface area contributed by atoms with E-state index in [-0.39, 0.29) is 5.91 Å². The van der Waals surface area contributed by atoms with Crippen molar-refractivity contribution in [3.8, 4) is 0 Å². The van der Waals surface area contributed by atoms with Crippen LogP contribution in [0.5, 0.6) is 0 Å². The van der Waals surface area contributed by atoms with Crippen LogP contribution in [-0.2, 0) is 17.8 Å². The molecule has 0 spiro atoms. The van der Waals surface area contributed by atoms with E-state index in [0.717, 1.165) is 48.1 Å². The fraction of sp³-hybridized carbons (Fsp3) is 0.471. The maximum Gasteiger partial charge on any atom is 0.222 e. The Morgan fingerprint density at radius 3 is 3.04 bits per heavy atom. The van der Waals surface area contributed by atoms with E-state index in [1.807, 2.05) is 11.9 Å². The van der Waals surface area contributed by atoms with Crippen molar-refractivity contribution in [2.45, 2.75) is 19.4 Å². The fourth-order valence-electron chi connectivity index (χ4n) is 3.66. The Bertz CT molecular complexity index is 779. The molecule has 1 saturated heterocycles. The number of likely N-dealkylation sites (tertiary alicyclic amines) is 1. The average molecular weight is 375 g/mol. The average Bonchev–Trinajstić information content (AvgIpc) is 2.83. The molecule has 2 aliphatic heterocycles. The number of hydrogen-bond donors (Lipinski definition) is 0. The zero-order valence-corrected chi connectivity index (χ0v) is 14.7. The van der Waals surface area contributed by atoms with Crippen LogP contribution >= 0.6 is 15.9 Å². The summed E-state index contributed by atoms with van der Waals surface area (Å²) >= 11 is 3.47. The summed E-state index contributed by atoms with van der Waals surface area (Å²) in [5.74, 6) is 0.731. The highest BCUT2D eigenvalue weighted by atomic mass is 79.9. The van der Waals surface area contributed by atoms with Crippen LogP contribution in [0.2, 0.25) is 0 Å². The van der Waals surface area contributed by atoms with Gasteiger partial charge in [-0.3, -0.25) is 9.69 Å². The second-order valence-corrected chi connectivity index (χ2v) is 7.54. The van der Waals surface area contributed by atoms with Crippen LogP contribution in [0, 0.1) is 5.92 Å². The van der Waals surface area contributed by atoms with Crippen LogP contribution in [0.4, 0.5) is 0 Å². The SMILES string of the molecule is CN1CC(CN2CCc3nc4ncc(Br)cc4cc3C2)CC1=O. The number of aromatic nitrogens is 2. The second kappa shape index (κ2) is 5.83. The molecule has 2 aromatic heterocycles. The van der Waals surface area contributed by atoms with E-state index in [2.05, 4.69) is 37.9 Å². The summed E-state index contributed by atoms with van der Waals surface area (Å²) in [4.78, 5) is 25.1. The van der Waals surface area contributed by atoms with Gasteiger partial charge in [-0.25, -0.2) is 9.97 Å². The van der Waals surface area contributed by atoms with E-state index in [1.165, 1.54) is 11.3 Å². The third-order valence-electron chi connectivity index (χ3n) is 4.80. The standard InChI is InChI=1S/C17H19BrN4O/c1-21-8-11(4-16(21)23)9-22-3-2-15-13(10-22)5-12-6-14(18)7-19-17(12)20-15/h5-7,11H,2-4,8-10H2,1H3. The number of rotatable bonds is 2. The highest BCUT2D eigenvalue weighted by molar-refractivity contribution is 9.10. The summed E-state index contributed by atoms with van der Waals surface area (Å²) in [6.45, 7) is 3.80. The number of carbonyl (C=O) groups excluding carboxylic acids is 1. The van der Waals surface area contributed by atoms with Crippen LogP contribution < -0.4 is 0 Å². The van der Waals surface area contributed by atoms with Crippen LogP contribution in [0.25, 0.3) is 11.0 Å². The van der Waals surface area contributed by atoms with Gasteiger partial charge in [0.1, 0.15) is 0 Å². The molecule has 5 nitrogen and oxygen atoms in total. The molecule has 6 heteroatoms. The summed E-state index contributed by atoms with van der Waals surface area (Å²) in [6.07, 6.45) is 3.44. The molecule has 1 amide bonds. The van der Waals surface area contributed by atoms with Crippen LogP contribution in [-0.4, -0.2) is 52.4 Å². The minimum Gasteiger partial charge on any atom is -0.345 e. The molecule has 0 aromatic carbocycles. The number of nitrogens with zero attached hydrogens (tertiary/aromatic N) is 4. The minimum absolute atomic E-state index is 0.274. The highest BCUT2D eigenvalue weighted by Gasteiger charge is 2.29. The molecule has 23 heavy (non-hydrogen) atoms. The van der Waals surface area contributed by atoms with Gasteiger partial charge in [0.15, 0.2) is 5.65 Å². The van der Waals surface area contributed by atoms with E-state index in [4.69, 9.17) is 4.98 Å². The lowest BCUT2D eigenvalue weighted by Crippen LogP contribution is -2.35. The third-order valence-corrected chi connectivity index (χ3v) is 5.23. The first kappa shape index (κ1) is 15.0. The maximum atomic E-state index is 11.7. The van der Waals surface area contributed by atoms with Gasteiger partial charge >= 0.3 is 0 Å². The molecule has 0 N–H and O–H groups in total. The lowest BCUT2D eigenvalue weighted by atomic mass is 10.0. The van der Waals surface area contributed by atoms with Gasteiger partial charge in [0, 0.05) is 67.8 Å². The van der Waals surface area contributed by atoms with Gasteiger partial charge in [-0.15, -0.1) is 0 Å². The lowest BCUT2D eigenvalue weighted by Gasteiger charge is -2.30. The third kappa shape index (κ3) is 2.97. The number of fused-ring (bicyclic) bond motifs is 2. The Hall–Kier alpha value is -1.53. The van der Waals surface area contributed by atoms with Crippen molar-refractivity contribution >= 4 is 32.9 Å². The van der Waals surface area contributed by atoms with E-state index in [0.29, 0.717) is 12.3 Å². The summed E-state index contributed by atoms with van der Waals surface area (Å²) < 4.78 is 0.979. The van der Waals surface area contributed by atoms with Gasteiger partial charge < -0.3 is 4.90 Å². The number of amides is 1. The first-order valence-corrected chi connectivity index (χ1v) is 8.78. The zero-order valence-electron chi connectivity index (χ0n) is 13.1. The Labute approximate surface area is 143 Å². The predicted molar refractivity (Wildman–Crippen MR) is 92.0 cm³/mol. The molecule has 1 unspecified atom stereocenters. The molecule has 0 radical (unpaired) electrons. The number of halogens is 1. The van der Waals surface area contributed by atoms with Crippen LogP contribution in [0.3, 0.4) is 0 Å². The van der Waals surface area contributed by atoms with Crippen molar-refractivity contribution in [1.82, 2.24) is 19.8 Å². The molecule has 2 aromatic rings. The zero-order chi connectivity index (χ0) is 16.0. The van der Waals surface area contributed by atoms with Gasteiger partial charge in [-0.2, -0.15) is 0 Å². The van der Waals surface area contributed by atoms with Crippen molar-refractivity contribution in [3.63, 3.8) is 0 Å². The molecule has 1 fully saturated rings. The smallest absolute Gasteiger partial charge is 0.222 e. The molecule has 4 rings (SSSR count). The minimum atomic E-state index is 0.274. The fourth-order valence-corrected chi connectivity index (χ4v) is 4.00. The molecular weight excluding hydrogens is 356 g/mol. The van der Waals surface area contributed by atoms with Crippen molar-refractivity contribution in [3.05, 3.63) is 34.1 Å². The first-order valence-electron chi connectivity index (χ1n) is 7.99. The van der Waals surface area contributed by atoms with Gasteiger partial charge in [0.05, 0.1) is 0 Å². The van der Waals surface area contributed by atoms with E-state index in [1.54, 1.807) is 6.20 Å². The molecule has 1 atom stereocenters. The molecule has 120 valence electrons. The Kier molecular flexibility index (Phi) is 3.81. The van der Waals surface area contributed by atoms with Gasteiger partial charge in [-0.05, 0) is 39.5 Å². The Morgan fingerprint density at radius 2 is 2.26 bits per heavy atom. The summed E-state index contributed by atoms with van der Waals surface area (Å²) in [5, 5.41) is 1.08. The van der Waals surface area contributed by atoms with Crippen molar-refractivity contribution in [2.24, 2.45) is 5.92 Å².